The van der Waals surface area contributed by atoms with E-state index in [1.54, 1.807) is 19.2 Å². The lowest BCUT2D eigenvalue weighted by molar-refractivity contribution is -0.384. The number of hydrogen-bond donors (Lipinski definition) is 1. The molecule has 0 aromatic carbocycles. The number of aryl methyl sites for hydroxylation is 1. The van der Waals surface area contributed by atoms with E-state index in [0.29, 0.717) is 18.3 Å². The molecule has 2 unspecified atom stereocenters. The summed E-state index contributed by atoms with van der Waals surface area (Å²) in [5, 5.41) is 11.0. The first-order valence-electron chi connectivity index (χ1n) is 5.60. The van der Waals surface area contributed by atoms with E-state index in [-0.39, 0.29) is 16.7 Å². The van der Waals surface area contributed by atoms with E-state index < -0.39 is 0 Å². The summed E-state index contributed by atoms with van der Waals surface area (Å²) >= 11 is 0. The molecule has 17 heavy (non-hydrogen) atoms. The topological polar surface area (TPSA) is 85.3 Å². The molecule has 1 aliphatic rings. The SMILES string of the molecule is Cc1cnc(N2CC(C)C(N)C2)c([N+](=O)[O-])c1. The second-order valence-corrected chi connectivity index (χ2v) is 4.66. The summed E-state index contributed by atoms with van der Waals surface area (Å²) in [6.45, 7) is 5.18. The van der Waals surface area contributed by atoms with Crippen LogP contribution in [0.1, 0.15) is 12.5 Å². The second kappa shape index (κ2) is 4.29. The van der Waals surface area contributed by atoms with E-state index in [4.69, 9.17) is 5.73 Å². The zero-order chi connectivity index (χ0) is 12.6. The van der Waals surface area contributed by atoms with Crippen molar-refractivity contribution in [2.45, 2.75) is 19.9 Å². The summed E-state index contributed by atoms with van der Waals surface area (Å²) in [6.07, 6.45) is 1.65. The first-order valence-corrected chi connectivity index (χ1v) is 5.60. The number of nitrogens with two attached hydrogens (primary N) is 1. The lowest BCUT2D eigenvalue weighted by atomic mass is 10.1. The van der Waals surface area contributed by atoms with Crippen LogP contribution in [0.2, 0.25) is 0 Å². The molecule has 6 heteroatoms. The van der Waals surface area contributed by atoms with E-state index >= 15 is 0 Å². The molecule has 2 N–H and O–H groups in total. The highest BCUT2D eigenvalue weighted by Crippen LogP contribution is 2.30. The molecule has 2 atom stereocenters. The Morgan fingerprint density at radius 3 is 2.82 bits per heavy atom. The van der Waals surface area contributed by atoms with E-state index in [2.05, 4.69) is 4.98 Å². The van der Waals surface area contributed by atoms with Gasteiger partial charge < -0.3 is 10.6 Å². The fourth-order valence-corrected chi connectivity index (χ4v) is 2.09. The van der Waals surface area contributed by atoms with Gasteiger partial charge in [0.25, 0.3) is 0 Å². The largest absolute Gasteiger partial charge is 0.349 e. The maximum absolute atomic E-state index is 11.0. The van der Waals surface area contributed by atoms with Gasteiger partial charge in [-0.2, -0.15) is 0 Å². The molecule has 0 amide bonds. The molecule has 1 fully saturated rings. The van der Waals surface area contributed by atoms with Crippen molar-refractivity contribution in [1.29, 1.82) is 0 Å². The molecule has 0 bridgehead atoms. The van der Waals surface area contributed by atoms with Crippen LogP contribution < -0.4 is 10.6 Å². The molecular formula is C11H16N4O2. The fourth-order valence-electron chi connectivity index (χ4n) is 2.09. The lowest BCUT2D eigenvalue weighted by Gasteiger charge is -2.16. The van der Waals surface area contributed by atoms with Crippen LogP contribution in [-0.4, -0.2) is 29.0 Å². The quantitative estimate of drug-likeness (QED) is 0.613. The van der Waals surface area contributed by atoms with Gasteiger partial charge in [-0.05, 0) is 18.4 Å². The molecular weight excluding hydrogens is 220 g/mol. The van der Waals surface area contributed by atoms with Crippen molar-refractivity contribution in [3.63, 3.8) is 0 Å². The molecule has 1 aromatic heterocycles. The van der Waals surface area contributed by atoms with Gasteiger partial charge in [-0.3, -0.25) is 10.1 Å². The summed E-state index contributed by atoms with van der Waals surface area (Å²) in [7, 11) is 0. The van der Waals surface area contributed by atoms with E-state index in [9.17, 15) is 10.1 Å². The van der Waals surface area contributed by atoms with Gasteiger partial charge in [0.05, 0.1) is 4.92 Å². The highest BCUT2D eigenvalue weighted by molar-refractivity contribution is 5.59. The highest BCUT2D eigenvalue weighted by atomic mass is 16.6. The van der Waals surface area contributed by atoms with Gasteiger partial charge in [0.15, 0.2) is 0 Å². The standard InChI is InChI=1S/C11H16N4O2/c1-7-3-10(15(16)17)11(13-4-7)14-5-8(2)9(12)6-14/h3-4,8-9H,5-6,12H2,1-2H3. The predicted octanol–water partition coefficient (Wildman–Crippen LogP) is 1.08. The van der Waals surface area contributed by atoms with Gasteiger partial charge in [0.2, 0.25) is 5.82 Å². The van der Waals surface area contributed by atoms with Crippen molar-refractivity contribution >= 4 is 11.5 Å². The number of pyridine rings is 1. The number of nitro groups is 1. The molecule has 2 heterocycles. The summed E-state index contributed by atoms with van der Waals surface area (Å²) in [5.41, 5.74) is 6.77. The van der Waals surface area contributed by atoms with Gasteiger partial charge in [-0.15, -0.1) is 0 Å². The number of hydrogen-bond acceptors (Lipinski definition) is 5. The number of aromatic nitrogens is 1. The Kier molecular flexibility index (Phi) is 2.97. The maximum atomic E-state index is 11.0. The average molecular weight is 236 g/mol. The minimum atomic E-state index is -0.385. The Hall–Kier alpha value is -1.69. The third-order valence-electron chi connectivity index (χ3n) is 3.15. The highest BCUT2D eigenvalue weighted by Gasteiger charge is 2.31. The van der Waals surface area contributed by atoms with Crippen molar-refractivity contribution in [1.82, 2.24) is 4.98 Å². The molecule has 0 radical (unpaired) electrons. The minimum absolute atomic E-state index is 0.0534. The number of anilines is 1. The molecule has 1 aromatic rings. The average Bonchev–Trinajstić information content (AvgIpc) is 2.59. The van der Waals surface area contributed by atoms with Gasteiger partial charge in [-0.1, -0.05) is 6.92 Å². The number of nitrogens with zero attached hydrogens (tertiary/aromatic N) is 3. The van der Waals surface area contributed by atoms with Crippen LogP contribution in [0.25, 0.3) is 0 Å². The summed E-state index contributed by atoms with van der Waals surface area (Å²) in [4.78, 5) is 16.7. The Labute approximate surface area is 99.6 Å². The van der Waals surface area contributed by atoms with Crippen molar-refractivity contribution in [2.75, 3.05) is 18.0 Å². The van der Waals surface area contributed by atoms with Crippen LogP contribution in [0.4, 0.5) is 11.5 Å². The molecule has 1 aliphatic heterocycles. The molecule has 0 saturated carbocycles. The van der Waals surface area contributed by atoms with Gasteiger partial charge in [0.1, 0.15) is 0 Å². The fraction of sp³-hybridized carbons (Fsp3) is 0.545. The van der Waals surface area contributed by atoms with Gasteiger partial charge >= 0.3 is 5.69 Å². The molecule has 0 spiro atoms. The first kappa shape index (κ1) is 11.8. The van der Waals surface area contributed by atoms with Crippen LogP contribution in [0, 0.1) is 23.0 Å². The smallest absolute Gasteiger partial charge is 0.311 e. The van der Waals surface area contributed by atoms with Crippen LogP contribution in [0.3, 0.4) is 0 Å². The minimum Gasteiger partial charge on any atom is -0.349 e. The third kappa shape index (κ3) is 2.21. The number of rotatable bonds is 2. The zero-order valence-corrected chi connectivity index (χ0v) is 9.96. The van der Waals surface area contributed by atoms with E-state index in [1.165, 1.54) is 0 Å². The Bertz CT molecular complexity index is 439. The molecule has 6 nitrogen and oxygen atoms in total. The summed E-state index contributed by atoms with van der Waals surface area (Å²) in [6, 6.07) is 1.61. The monoisotopic (exact) mass is 236 g/mol. The molecule has 0 aliphatic carbocycles. The Morgan fingerprint density at radius 2 is 2.29 bits per heavy atom. The van der Waals surface area contributed by atoms with Crippen molar-refractivity contribution in [2.24, 2.45) is 11.7 Å². The lowest BCUT2D eigenvalue weighted by Crippen LogP contribution is -2.29. The Morgan fingerprint density at radius 1 is 1.59 bits per heavy atom. The van der Waals surface area contributed by atoms with E-state index in [0.717, 1.165) is 12.1 Å². The van der Waals surface area contributed by atoms with Crippen molar-refractivity contribution in [3.05, 3.63) is 27.9 Å². The summed E-state index contributed by atoms with van der Waals surface area (Å²) < 4.78 is 0. The first-order chi connectivity index (χ1) is 7.99. The third-order valence-corrected chi connectivity index (χ3v) is 3.15. The predicted molar refractivity (Wildman–Crippen MR) is 65.0 cm³/mol. The van der Waals surface area contributed by atoms with Crippen LogP contribution in [0.5, 0.6) is 0 Å². The van der Waals surface area contributed by atoms with Crippen molar-refractivity contribution < 1.29 is 4.92 Å². The van der Waals surface area contributed by atoms with Crippen LogP contribution >= 0.6 is 0 Å². The zero-order valence-electron chi connectivity index (χ0n) is 9.96. The van der Waals surface area contributed by atoms with Gasteiger partial charge in [-0.25, -0.2) is 4.98 Å². The van der Waals surface area contributed by atoms with Crippen LogP contribution in [-0.2, 0) is 0 Å². The maximum Gasteiger partial charge on any atom is 0.311 e. The molecule has 92 valence electrons. The second-order valence-electron chi connectivity index (χ2n) is 4.66. The van der Waals surface area contributed by atoms with Crippen molar-refractivity contribution in [3.8, 4) is 0 Å². The Balaban J connectivity index is 2.36. The van der Waals surface area contributed by atoms with E-state index in [1.807, 2.05) is 11.8 Å². The van der Waals surface area contributed by atoms with Crippen LogP contribution in [0.15, 0.2) is 12.3 Å². The normalized spacial score (nSPS) is 24.1. The molecule has 2 rings (SSSR count). The summed E-state index contributed by atoms with van der Waals surface area (Å²) in [5.74, 6) is 0.762. The van der Waals surface area contributed by atoms with Gasteiger partial charge in [0, 0.05) is 31.4 Å². The molecule has 1 saturated heterocycles.